The summed E-state index contributed by atoms with van der Waals surface area (Å²) in [6.45, 7) is 1.91. The van der Waals surface area contributed by atoms with Crippen LogP contribution < -0.4 is 9.47 Å². The minimum absolute atomic E-state index is 0.00136. The average molecular weight is 373 g/mol. The number of halogens is 3. The zero-order valence-corrected chi connectivity index (χ0v) is 14.9. The quantitative estimate of drug-likeness (QED) is 0.578. The van der Waals surface area contributed by atoms with Crippen LogP contribution in [0.2, 0.25) is 0 Å². The number of nitrogens with zero attached hydrogens (tertiary/aromatic N) is 1. The summed E-state index contributed by atoms with van der Waals surface area (Å²) in [6.07, 6.45) is -4.62. The highest BCUT2D eigenvalue weighted by molar-refractivity contribution is 5.60. The Morgan fingerprint density at radius 1 is 0.889 bits per heavy atom. The maximum absolute atomic E-state index is 13.5. The molecule has 0 N–H and O–H groups in total. The maximum Gasteiger partial charge on any atom is 0.437 e. The summed E-state index contributed by atoms with van der Waals surface area (Å²) >= 11 is 0. The molecule has 0 aliphatic carbocycles. The van der Waals surface area contributed by atoms with Crippen LogP contribution in [0.15, 0.2) is 60.7 Å². The monoisotopic (exact) mass is 373 g/mol. The predicted octanol–water partition coefficient (Wildman–Crippen LogP) is 5.66. The van der Waals surface area contributed by atoms with Crippen LogP contribution in [0.3, 0.4) is 0 Å². The van der Waals surface area contributed by atoms with Gasteiger partial charge < -0.3 is 9.47 Å². The molecule has 0 atom stereocenters. The molecule has 140 valence electrons. The van der Waals surface area contributed by atoms with Crippen LogP contribution in [0.1, 0.15) is 16.8 Å². The summed E-state index contributed by atoms with van der Waals surface area (Å²) in [7, 11) is 1.54. The van der Waals surface area contributed by atoms with Crippen LogP contribution in [0.5, 0.6) is 11.5 Å². The first-order chi connectivity index (χ1) is 12.9. The van der Waals surface area contributed by atoms with E-state index < -0.39 is 11.9 Å². The third-order valence-electron chi connectivity index (χ3n) is 4.03. The molecule has 27 heavy (non-hydrogen) atoms. The van der Waals surface area contributed by atoms with Gasteiger partial charge in [0.05, 0.1) is 12.8 Å². The van der Waals surface area contributed by atoms with Gasteiger partial charge in [-0.25, -0.2) is 4.98 Å². The van der Waals surface area contributed by atoms with E-state index in [1.165, 1.54) is 12.1 Å². The number of ether oxygens (including phenoxy) is 2. The van der Waals surface area contributed by atoms with Gasteiger partial charge in [-0.05, 0) is 36.8 Å². The molecule has 0 fully saturated rings. The minimum Gasteiger partial charge on any atom is -0.497 e. The molecular weight excluding hydrogens is 355 g/mol. The molecule has 0 aliphatic rings. The van der Waals surface area contributed by atoms with Crippen molar-refractivity contribution in [3.8, 4) is 22.8 Å². The second-order valence-corrected chi connectivity index (χ2v) is 6.04. The first-order valence-electron chi connectivity index (χ1n) is 8.28. The summed E-state index contributed by atoms with van der Waals surface area (Å²) < 4.78 is 50.9. The van der Waals surface area contributed by atoms with E-state index in [2.05, 4.69) is 4.98 Å². The van der Waals surface area contributed by atoms with Gasteiger partial charge >= 0.3 is 6.18 Å². The van der Waals surface area contributed by atoms with Gasteiger partial charge in [0.2, 0.25) is 0 Å². The molecular formula is C21H18F3NO2. The van der Waals surface area contributed by atoms with E-state index >= 15 is 0 Å². The molecule has 0 aliphatic heterocycles. The van der Waals surface area contributed by atoms with Crippen molar-refractivity contribution < 1.29 is 22.6 Å². The Kier molecular flexibility index (Phi) is 5.35. The lowest BCUT2D eigenvalue weighted by Gasteiger charge is -2.15. The number of pyridine rings is 1. The Labute approximate surface area is 155 Å². The second kappa shape index (κ2) is 7.70. The van der Waals surface area contributed by atoms with Crippen LogP contribution in [0, 0.1) is 6.92 Å². The summed E-state index contributed by atoms with van der Waals surface area (Å²) in [5.74, 6) is 0.369. The molecule has 1 heterocycles. The van der Waals surface area contributed by atoms with E-state index in [0.29, 0.717) is 11.3 Å². The number of methoxy groups -OCH3 is 1. The molecule has 3 aromatic rings. The van der Waals surface area contributed by atoms with Crippen LogP contribution in [0.25, 0.3) is 11.3 Å². The van der Waals surface area contributed by atoms with E-state index in [0.717, 1.165) is 11.1 Å². The van der Waals surface area contributed by atoms with E-state index in [4.69, 9.17) is 9.47 Å². The number of hydrogen-bond donors (Lipinski definition) is 0. The fourth-order valence-corrected chi connectivity index (χ4v) is 2.53. The van der Waals surface area contributed by atoms with Crippen molar-refractivity contribution in [1.82, 2.24) is 4.98 Å². The Bertz CT molecular complexity index is 904. The van der Waals surface area contributed by atoms with Crippen molar-refractivity contribution in [3.63, 3.8) is 0 Å². The number of aromatic nitrogens is 1. The van der Waals surface area contributed by atoms with Crippen molar-refractivity contribution >= 4 is 0 Å². The molecule has 1 aromatic heterocycles. The number of alkyl halides is 3. The maximum atomic E-state index is 13.5. The first kappa shape index (κ1) is 18.8. The van der Waals surface area contributed by atoms with Gasteiger partial charge in [0.25, 0.3) is 0 Å². The van der Waals surface area contributed by atoms with Crippen LogP contribution in [-0.2, 0) is 12.8 Å². The predicted molar refractivity (Wildman–Crippen MR) is 96.7 cm³/mol. The molecule has 0 saturated carbocycles. The van der Waals surface area contributed by atoms with Crippen molar-refractivity contribution in [2.45, 2.75) is 19.7 Å². The molecule has 0 saturated heterocycles. The highest BCUT2D eigenvalue weighted by atomic mass is 19.4. The summed E-state index contributed by atoms with van der Waals surface area (Å²) in [6, 6.07) is 16.9. The van der Waals surface area contributed by atoms with Gasteiger partial charge in [0, 0.05) is 5.56 Å². The molecule has 6 heteroatoms. The minimum atomic E-state index is -4.62. The van der Waals surface area contributed by atoms with E-state index in [-0.39, 0.29) is 18.1 Å². The molecule has 3 rings (SSSR count). The van der Waals surface area contributed by atoms with Gasteiger partial charge in [-0.15, -0.1) is 0 Å². The van der Waals surface area contributed by atoms with E-state index in [1.54, 1.807) is 43.5 Å². The van der Waals surface area contributed by atoms with Crippen molar-refractivity contribution in [2.24, 2.45) is 0 Å². The molecule has 0 spiro atoms. The molecule has 0 amide bonds. The average Bonchev–Trinajstić information content (AvgIpc) is 2.66. The zero-order valence-electron chi connectivity index (χ0n) is 14.9. The van der Waals surface area contributed by atoms with Gasteiger partial charge in [0.1, 0.15) is 12.4 Å². The van der Waals surface area contributed by atoms with Crippen LogP contribution in [-0.4, -0.2) is 12.1 Å². The number of benzene rings is 2. The Hall–Kier alpha value is -3.02. The zero-order chi connectivity index (χ0) is 19.4. The largest absolute Gasteiger partial charge is 0.497 e. The van der Waals surface area contributed by atoms with Crippen LogP contribution in [0.4, 0.5) is 13.2 Å². The van der Waals surface area contributed by atoms with Gasteiger partial charge in [-0.3, -0.25) is 0 Å². The normalized spacial score (nSPS) is 11.3. The molecule has 0 unspecified atom stereocenters. The third-order valence-corrected chi connectivity index (χ3v) is 4.03. The molecule has 0 radical (unpaired) electrons. The SMILES string of the molecule is COc1ccc(COc2ccc(-c3ccc(C)cc3)nc2C(F)(F)F)cc1. The van der Waals surface area contributed by atoms with Crippen molar-refractivity contribution in [2.75, 3.05) is 7.11 Å². The lowest BCUT2D eigenvalue weighted by Crippen LogP contribution is -2.12. The fourth-order valence-electron chi connectivity index (χ4n) is 2.53. The van der Waals surface area contributed by atoms with Crippen molar-refractivity contribution in [3.05, 3.63) is 77.5 Å². The molecule has 3 nitrogen and oxygen atoms in total. The van der Waals surface area contributed by atoms with Gasteiger partial charge in [0.15, 0.2) is 11.4 Å². The summed E-state index contributed by atoms with van der Waals surface area (Å²) in [4.78, 5) is 3.81. The number of rotatable bonds is 5. The number of aryl methyl sites for hydroxylation is 1. The van der Waals surface area contributed by atoms with Gasteiger partial charge in [-0.1, -0.05) is 42.0 Å². The topological polar surface area (TPSA) is 31.4 Å². The second-order valence-electron chi connectivity index (χ2n) is 6.04. The van der Waals surface area contributed by atoms with E-state index in [9.17, 15) is 13.2 Å². The number of hydrogen-bond acceptors (Lipinski definition) is 3. The fraction of sp³-hybridized carbons (Fsp3) is 0.190. The van der Waals surface area contributed by atoms with Gasteiger partial charge in [-0.2, -0.15) is 13.2 Å². The lowest BCUT2D eigenvalue weighted by molar-refractivity contribution is -0.142. The highest BCUT2D eigenvalue weighted by Crippen LogP contribution is 2.36. The first-order valence-corrected chi connectivity index (χ1v) is 8.28. The Morgan fingerprint density at radius 2 is 1.56 bits per heavy atom. The highest BCUT2D eigenvalue weighted by Gasteiger charge is 2.37. The Morgan fingerprint density at radius 3 is 2.15 bits per heavy atom. The standard InChI is InChI=1S/C21H18F3NO2/c1-14-3-7-16(8-4-14)18-11-12-19(20(25-18)21(22,23)24)27-13-15-5-9-17(26-2)10-6-15/h3-12H,13H2,1-2H3. The summed E-state index contributed by atoms with van der Waals surface area (Å²) in [5, 5.41) is 0. The smallest absolute Gasteiger partial charge is 0.437 e. The molecule has 2 aromatic carbocycles. The third kappa shape index (κ3) is 4.58. The Balaban J connectivity index is 1.86. The van der Waals surface area contributed by atoms with Crippen molar-refractivity contribution in [1.29, 1.82) is 0 Å². The van der Waals surface area contributed by atoms with Crippen LogP contribution >= 0.6 is 0 Å². The summed E-state index contributed by atoms with van der Waals surface area (Å²) in [5.41, 5.74) is 1.58. The lowest BCUT2D eigenvalue weighted by atomic mass is 10.1. The molecule has 0 bridgehead atoms. The van der Waals surface area contributed by atoms with E-state index in [1.807, 2.05) is 19.1 Å².